The first-order valence-electron chi connectivity index (χ1n) is 6.38. The van der Waals surface area contributed by atoms with E-state index in [0.29, 0.717) is 6.04 Å². The Morgan fingerprint density at radius 1 is 0.786 bits per heavy atom. The van der Waals surface area contributed by atoms with Crippen molar-refractivity contribution in [3.63, 3.8) is 0 Å². The van der Waals surface area contributed by atoms with Crippen molar-refractivity contribution in [2.45, 2.75) is 63.8 Å². The van der Waals surface area contributed by atoms with Gasteiger partial charge < -0.3 is 0 Å². The Morgan fingerprint density at radius 2 is 1.29 bits per heavy atom. The summed E-state index contributed by atoms with van der Waals surface area (Å²) < 4.78 is 0. The van der Waals surface area contributed by atoms with Crippen LogP contribution in [-0.4, -0.2) is 6.04 Å². The van der Waals surface area contributed by atoms with Crippen molar-refractivity contribution >= 4 is 0 Å². The normalized spacial score (nSPS) is 28.1. The lowest BCUT2D eigenvalue weighted by molar-refractivity contribution is 0.264. The Morgan fingerprint density at radius 3 is 1.79 bits per heavy atom. The molecule has 0 aromatic rings. The molecule has 0 saturated heterocycles. The highest BCUT2D eigenvalue weighted by molar-refractivity contribution is 4.89. The van der Waals surface area contributed by atoms with E-state index >= 15 is 0 Å². The van der Waals surface area contributed by atoms with E-state index in [1.807, 2.05) is 0 Å². The van der Waals surface area contributed by atoms with Crippen LogP contribution in [0.3, 0.4) is 0 Å². The zero-order chi connectivity index (χ0) is 9.80. The van der Waals surface area contributed by atoms with Gasteiger partial charge in [0, 0.05) is 6.04 Å². The van der Waals surface area contributed by atoms with Crippen molar-refractivity contribution < 1.29 is 0 Å². The van der Waals surface area contributed by atoms with E-state index in [1.165, 1.54) is 57.8 Å². The van der Waals surface area contributed by atoms with Gasteiger partial charge in [0.2, 0.25) is 0 Å². The van der Waals surface area contributed by atoms with Crippen LogP contribution in [0.15, 0.2) is 0 Å². The molecular formula is C12H24N2. The number of hydrazine groups is 1. The second-order valence-corrected chi connectivity index (χ2v) is 5.14. The van der Waals surface area contributed by atoms with Crippen LogP contribution < -0.4 is 11.3 Å². The van der Waals surface area contributed by atoms with Crippen LogP contribution >= 0.6 is 0 Å². The molecule has 2 aliphatic carbocycles. The number of rotatable bonds is 3. The molecule has 2 nitrogen and oxygen atoms in total. The van der Waals surface area contributed by atoms with Crippen LogP contribution in [-0.2, 0) is 0 Å². The maximum Gasteiger partial charge on any atom is 0.0266 e. The quantitative estimate of drug-likeness (QED) is 0.538. The molecule has 0 amide bonds. The van der Waals surface area contributed by atoms with Crippen molar-refractivity contribution in [3.8, 4) is 0 Å². The lowest BCUT2D eigenvalue weighted by Gasteiger charge is -2.28. The molecular weight excluding hydrogens is 172 g/mol. The van der Waals surface area contributed by atoms with E-state index in [2.05, 4.69) is 5.43 Å². The lowest BCUT2D eigenvalue weighted by atomic mass is 9.84. The van der Waals surface area contributed by atoms with Gasteiger partial charge in [0.1, 0.15) is 0 Å². The molecule has 2 heteroatoms. The Balaban J connectivity index is 1.84. The molecule has 0 aromatic heterocycles. The van der Waals surface area contributed by atoms with E-state index in [1.54, 1.807) is 0 Å². The van der Waals surface area contributed by atoms with Gasteiger partial charge in [-0.15, -0.1) is 0 Å². The average Bonchev–Trinajstić information content (AvgIpc) is 2.93. The van der Waals surface area contributed by atoms with Crippen molar-refractivity contribution in [3.05, 3.63) is 0 Å². The van der Waals surface area contributed by atoms with Gasteiger partial charge in [0.25, 0.3) is 0 Å². The molecule has 1 atom stereocenters. The molecule has 0 bridgehead atoms. The zero-order valence-corrected chi connectivity index (χ0v) is 9.17. The first kappa shape index (κ1) is 10.4. The highest BCUT2D eigenvalue weighted by Crippen LogP contribution is 2.39. The number of nitrogens with one attached hydrogen (secondary N) is 1. The van der Waals surface area contributed by atoms with Crippen molar-refractivity contribution in [2.24, 2.45) is 17.7 Å². The summed E-state index contributed by atoms with van der Waals surface area (Å²) >= 11 is 0. The third-order valence-corrected chi connectivity index (χ3v) is 3.98. The van der Waals surface area contributed by atoms with Gasteiger partial charge in [-0.1, -0.05) is 32.1 Å². The Bertz CT molecular complexity index is 158. The minimum atomic E-state index is 0.632. The van der Waals surface area contributed by atoms with Gasteiger partial charge in [-0.25, -0.2) is 0 Å². The molecule has 1 unspecified atom stereocenters. The smallest absolute Gasteiger partial charge is 0.0266 e. The molecule has 2 fully saturated rings. The molecule has 0 aromatic carbocycles. The lowest BCUT2D eigenvalue weighted by Crippen LogP contribution is -2.42. The van der Waals surface area contributed by atoms with Crippen LogP contribution in [0.4, 0.5) is 0 Å². The Kier molecular flexibility index (Phi) is 3.82. The molecule has 2 saturated carbocycles. The monoisotopic (exact) mass is 196 g/mol. The SMILES string of the molecule is NNC(C1CCCCCCC1)C1CC1. The second kappa shape index (κ2) is 5.13. The Labute approximate surface area is 87.6 Å². The molecule has 2 rings (SSSR count). The maximum absolute atomic E-state index is 5.68. The summed E-state index contributed by atoms with van der Waals surface area (Å²) in [7, 11) is 0. The molecule has 0 spiro atoms. The van der Waals surface area contributed by atoms with Crippen LogP contribution in [0.1, 0.15) is 57.8 Å². The fraction of sp³-hybridized carbons (Fsp3) is 1.00. The first-order chi connectivity index (χ1) is 6.92. The third-order valence-electron chi connectivity index (χ3n) is 3.98. The van der Waals surface area contributed by atoms with Gasteiger partial charge in [0.05, 0.1) is 0 Å². The average molecular weight is 196 g/mol. The van der Waals surface area contributed by atoms with Gasteiger partial charge in [0.15, 0.2) is 0 Å². The predicted molar refractivity (Wildman–Crippen MR) is 59.6 cm³/mol. The van der Waals surface area contributed by atoms with E-state index in [9.17, 15) is 0 Å². The van der Waals surface area contributed by atoms with Crippen molar-refractivity contribution in [2.75, 3.05) is 0 Å². The van der Waals surface area contributed by atoms with E-state index in [0.717, 1.165) is 11.8 Å². The van der Waals surface area contributed by atoms with Crippen molar-refractivity contribution in [1.82, 2.24) is 5.43 Å². The topological polar surface area (TPSA) is 38.0 Å². The van der Waals surface area contributed by atoms with E-state index < -0.39 is 0 Å². The standard InChI is InChI=1S/C12H24N2/c13-14-12(11-8-9-11)10-6-4-2-1-3-5-7-10/h10-12,14H,1-9,13H2. The first-order valence-corrected chi connectivity index (χ1v) is 6.38. The van der Waals surface area contributed by atoms with Gasteiger partial charge in [-0.05, 0) is 37.5 Å². The second-order valence-electron chi connectivity index (χ2n) is 5.14. The molecule has 82 valence electrons. The zero-order valence-electron chi connectivity index (χ0n) is 9.17. The largest absolute Gasteiger partial charge is 0.271 e. The minimum absolute atomic E-state index is 0.632. The summed E-state index contributed by atoms with van der Waals surface area (Å²) in [6.45, 7) is 0. The molecule has 3 N–H and O–H groups in total. The molecule has 0 aliphatic heterocycles. The van der Waals surface area contributed by atoms with Crippen molar-refractivity contribution in [1.29, 1.82) is 0 Å². The molecule has 14 heavy (non-hydrogen) atoms. The summed E-state index contributed by atoms with van der Waals surface area (Å²) in [5, 5.41) is 0. The maximum atomic E-state index is 5.68. The predicted octanol–water partition coefficient (Wildman–Crippen LogP) is 2.59. The van der Waals surface area contributed by atoms with Crippen LogP contribution in [0.2, 0.25) is 0 Å². The van der Waals surface area contributed by atoms with Crippen LogP contribution in [0, 0.1) is 11.8 Å². The van der Waals surface area contributed by atoms with E-state index in [4.69, 9.17) is 5.84 Å². The van der Waals surface area contributed by atoms with Gasteiger partial charge in [-0.2, -0.15) is 0 Å². The minimum Gasteiger partial charge on any atom is -0.271 e. The summed E-state index contributed by atoms with van der Waals surface area (Å²) in [5.74, 6) is 7.46. The number of hydrogen-bond acceptors (Lipinski definition) is 2. The summed E-state index contributed by atoms with van der Waals surface area (Å²) in [6.07, 6.45) is 12.8. The third kappa shape index (κ3) is 2.71. The molecule has 2 aliphatic rings. The highest BCUT2D eigenvalue weighted by atomic mass is 15.2. The Hall–Kier alpha value is -0.0800. The molecule has 0 radical (unpaired) electrons. The van der Waals surface area contributed by atoms with Gasteiger partial charge >= 0.3 is 0 Å². The number of nitrogens with two attached hydrogens (primary N) is 1. The highest BCUT2D eigenvalue weighted by Gasteiger charge is 2.35. The van der Waals surface area contributed by atoms with Gasteiger partial charge in [-0.3, -0.25) is 11.3 Å². The fourth-order valence-corrected chi connectivity index (χ4v) is 2.96. The summed E-state index contributed by atoms with van der Waals surface area (Å²) in [6, 6.07) is 0.632. The molecule has 0 heterocycles. The van der Waals surface area contributed by atoms with E-state index in [-0.39, 0.29) is 0 Å². The summed E-state index contributed by atoms with van der Waals surface area (Å²) in [4.78, 5) is 0. The number of hydrogen-bond donors (Lipinski definition) is 2. The van der Waals surface area contributed by atoms with Crippen LogP contribution in [0.25, 0.3) is 0 Å². The summed E-state index contributed by atoms with van der Waals surface area (Å²) in [5.41, 5.74) is 3.08. The van der Waals surface area contributed by atoms with Crippen LogP contribution in [0.5, 0.6) is 0 Å². The fourth-order valence-electron chi connectivity index (χ4n) is 2.96.